The molecule has 0 spiro atoms. The lowest BCUT2D eigenvalue weighted by Crippen LogP contribution is -2.07. The van der Waals surface area contributed by atoms with Gasteiger partial charge in [0.25, 0.3) is 0 Å². The van der Waals surface area contributed by atoms with Gasteiger partial charge < -0.3 is 13.7 Å². The Morgan fingerprint density at radius 2 is 0.671 bits per heavy atom. The number of fused-ring (bicyclic) bond motifs is 9. The molecule has 0 saturated heterocycles. The van der Waals surface area contributed by atoms with Gasteiger partial charge in [-0.2, -0.15) is 10.5 Å². The molecule has 0 aliphatic carbocycles. The smallest absolute Gasteiger partial charge is 0.101 e. The zero-order chi connectivity index (χ0) is 55.2. The zero-order valence-corrected chi connectivity index (χ0v) is 45.4. The van der Waals surface area contributed by atoms with E-state index < -0.39 is 0 Å². The van der Waals surface area contributed by atoms with Crippen LogP contribution < -0.4 is 0 Å². The van der Waals surface area contributed by atoms with Crippen LogP contribution in [0.1, 0.15) is 27.8 Å². The molecule has 6 nitrogen and oxygen atoms in total. The minimum absolute atomic E-state index is 0.287. The lowest BCUT2D eigenvalue weighted by Gasteiger charge is -2.27. The van der Waals surface area contributed by atoms with Crippen LogP contribution in [0.5, 0.6) is 0 Å². The Hall–Kier alpha value is -11.1. The summed E-state index contributed by atoms with van der Waals surface area (Å²) in [5.74, 6) is 0. The molecule has 11 aromatic carbocycles. The maximum atomic E-state index is 11.0. The summed E-state index contributed by atoms with van der Waals surface area (Å²) >= 11 is 0. The minimum Gasteiger partial charge on any atom is -0.309 e. The number of nitriles is 2. The number of hydrogen-bond acceptors (Lipinski definition) is 3. The standard InChI is InChI=1S/C76H50N6/c1-47-33-38-69-60(41-47)54-21-7-13-27-63(54)80(69)66-30-16-10-24-57(66)73-72(51-36-37-52(45-77)53(44-51)46-78)74(58-25-11-17-31-67(58)81-64-28-14-8-22-55(64)61-42-48(2)34-39-70(61)81)76(79-75(73)50-19-5-4-6-20-50)59-26-12-18-32-68(59)82-65-29-15-9-23-56(65)62-43-49(3)35-40-71(62)82/h4-44H,1-3H3. The fraction of sp³-hybridized carbons (Fsp3) is 0.0395. The van der Waals surface area contributed by atoms with Crippen molar-refractivity contribution in [3.05, 3.63) is 277 Å². The van der Waals surface area contributed by atoms with E-state index in [1.54, 1.807) is 6.07 Å². The summed E-state index contributed by atoms with van der Waals surface area (Å²) in [6, 6.07) is 93.3. The zero-order valence-electron chi connectivity index (χ0n) is 45.4. The molecule has 0 saturated carbocycles. The van der Waals surface area contributed by atoms with Crippen molar-refractivity contribution < 1.29 is 0 Å². The molecule has 384 valence electrons. The van der Waals surface area contributed by atoms with Crippen molar-refractivity contribution in [3.63, 3.8) is 0 Å². The maximum Gasteiger partial charge on any atom is 0.101 e. The van der Waals surface area contributed by atoms with Crippen LogP contribution in [-0.2, 0) is 0 Å². The average Bonchev–Trinajstić information content (AvgIpc) is 2.50. The number of hydrogen-bond donors (Lipinski definition) is 0. The highest BCUT2D eigenvalue weighted by Gasteiger charge is 2.31. The van der Waals surface area contributed by atoms with E-state index in [0.29, 0.717) is 5.56 Å². The van der Waals surface area contributed by atoms with Gasteiger partial charge in [0.05, 0.1) is 72.7 Å². The van der Waals surface area contributed by atoms with Crippen LogP contribution in [0.3, 0.4) is 0 Å². The number of rotatable bonds is 8. The molecule has 6 heteroatoms. The highest BCUT2D eigenvalue weighted by Crippen LogP contribution is 2.53. The van der Waals surface area contributed by atoms with E-state index in [1.165, 1.54) is 27.5 Å². The highest BCUT2D eigenvalue weighted by atomic mass is 15.0. The number of pyridine rings is 1. The van der Waals surface area contributed by atoms with E-state index in [-0.39, 0.29) is 5.56 Å². The highest BCUT2D eigenvalue weighted by molar-refractivity contribution is 6.15. The third-order valence-electron chi connectivity index (χ3n) is 16.5. The van der Waals surface area contributed by atoms with E-state index in [1.807, 2.05) is 12.1 Å². The second kappa shape index (κ2) is 19.1. The van der Waals surface area contributed by atoms with E-state index >= 15 is 0 Å². The average molecular weight is 1050 g/mol. The van der Waals surface area contributed by atoms with Gasteiger partial charge in [0.15, 0.2) is 0 Å². The van der Waals surface area contributed by atoms with Crippen LogP contribution in [-0.4, -0.2) is 18.7 Å². The van der Waals surface area contributed by atoms with Crippen molar-refractivity contribution in [1.29, 1.82) is 10.5 Å². The second-order valence-electron chi connectivity index (χ2n) is 21.5. The number of para-hydroxylation sites is 6. The quantitative estimate of drug-likeness (QED) is 0.152. The van der Waals surface area contributed by atoms with Crippen molar-refractivity contribution in [3.8, 4) is 85.1 Å². The first kappa shape index (κ1) is 48.1. The molecule has 0 atom stereocenters. The number of benzene rings is 11. The molecule has 82 heavy (non-hydrogen) atoms. The lowest BCUT2D eigenvalue weighted by molar-refractivity contribution is 1.16. The van der Waals surface area contributed by atoms with Gasteiger partial charge in [0, 0.05) is 71.3 Å². The van der Waals surface area contributed by atoms with E-state index in [2.05, 4.69) is 277 Å². The molecule has 0 amide bonds. The van der Waals surface area contributed by atoms with E-state index in [4.69, 9.17) is 4.98 Å². The maximum absolute atomic E-state index is 11.0. The van der Waals surface area contributed by atoms with Crippen LogP contribution in [0.15, 0.2) is 249 Å². The van der Waals surface area contributed by atoms with Gasteiger partial charge in [0.1, 0.15) is 12.1 Å². The monoisotopic (exact) mass is 1050 g/mol. The Morgan fingerprint density at radius 3 is 1.13 bits per heavy atom. The minimum atomic E-state index is 0.287. The molecule has 4 heterocycles. The lowest BCUT2D eigenvalue weighted by atomic mass is 9.81. The van der Waals surface area contributed by atoms with Crippen molar-refractivity contribution in [2.75, 3.05) is 0 Å². The fourth-order valence-corrected chi connectivity index (χ4v) is 13.0. The van der Waals surface area contributed by atoms with Gasteiger partial charge in [-0.3, -0.25) is 0 Å². The summed E-state index contributed by atoms with van der Waals surface area (Å²) in [6.45, 7) is 6.46. The predicted molar refractivity (Wildman–Crippen MR) is 338 cm³/mol. The first-order valence-electron chi connectivity index (χ1n) is 27.7. The Kier molecular flexibility index (Phi) is 11.2. The summed E-state index contributed by atoms with van der Waals surface area (Å²) in [4.78, 5) is 6.24. The van der Waals surface area contributed by atoms with Crippen molar-refractivity contribution in [1.82, 2.24) is 18.7 Å². The third kappa shape index (κ3) is 7.43. The molecule has 0 aliphatic rings. The van der Waals surface area contributed by atoms with E-state index in [0.717, 1.165) is 128 Å². The molecule has 0 unspecified atom stereocenters. The first-order chi connectivity index (χ1) is 40.4. The Labute approximate surface area is 474 Å². The summed E-state index contributed by atoms with van der Waals surface area (Å²) in [5.41, 5.74) is 22.1. The molecule has 0 fully saturated rings. The van der Waals surface area contributed by atoms with Crippen molar-refractivity contribution in [2.24, 2.45) is 0 Å². The summed E-state index contributed by atoms with van der Waals surface area (Å²) in [5, 5.41) is 28.6. The fourth-order valence-electron chi connectivity index (χ4n) is 13.0. The number of nitrogens with zero attached hydrogens (tertiary/aromatic N) is 6. The Morgan fingerprint density at radius 1 is 0.293 bits per heavy atom. The number of aryl methyl sites for hydroxylation is 3. The third-order valence-corrected chi connectivity index (χ3v) is 16.5. The van der Waals surface area contributed by atoms with Gasteiger partial charge in [-0.25, -0.2) is 4.98 Å². The van der Waals surface area contributed by atoms with Crippen LogP contribution in [0.25, 0.3) is 138 Å². The predicted octanol–water partition coefficient (Wildman–Crippen LogP) is 19.4. The molecular weight excluding hydrogens is 997 g/mol. The van der Waals surface area contributed by atoms with Crippen molar-refractivity contribution in [2.45, 2.75) is 20.8 Å². The van der Waals surface area contributed by atoms with Gasteiger partial charge in [-0.1, -0.05) is 180 Å². The molecule has 0 radical (unpaired) electrons. The summed E-state index contributed by atoms with van der Waals surface area (Å²) < 4.78 is 7.21. The largest absolute Gasteiger partial charge is 0.309 e. The van der Waals surface area contributed by atoms with Crippen LogP contribution in [0, 0.1) is 43.4 Å². The van der Waals surface area contributed by atoms with Crippen LogP contribution >= 0.6 is 0 Å². The molecular formula is C76H50N6. The SMILES string of the molecule is Cc1ccc2c(c1)c1ccccc1n2-c1ccccc1-c1nc(-c2ccccc2)c(-c2ccccc2-n2c3ccccc3c3cc(C)ccc32)c(-c2ccc(C#N)c(C#N)c2)c1-c1ccccc1-n1c2ccccc2c2cc(C)ccc21. The molecule has 15 rings (SSSR count). The van der Waals surface area contributed by atoms with Gasteiger partial charge in [-0.05, 0) is 111 Å². The van der Waals surface area contributed by atoms with Gasteiger partial charge >= 0.3 is 0 Å². The summed E-state index contributed by atoms with van der Waals surface area (Å²) in [6.07, 6.45) is 0. The first-order valence-corrected chi connectivity index (χ1v) is 27.7. The normalized spacial score (nSPS) is 11.6. The topological polar surface area (TPSA) is 75.3 Å². The number of aromatic nitrogens is 4. The Bertz CT molecular complexity index is 5230. The van der Waals surface area contributed by atoms with Gasteiger partial charge in [0.2, 0.25) is 0 Å². The van der Waals surface area contributed by atoms with Crippen molar-refractivity contribution >= 4 is 65.4 Å². The molecule has 0 bridgehead atoms. The summed E-state index contributed by atoms with van der Waals surface area (Å²) in [7, 11) is 0. The van der Waals surface area contributed by atoms with E-state index in [9.17, 15) is 10.5 Å². The molecule has 0 N–H and O–H groups in total. The second-order valence-corrected chi connectivity index (χ2v) is 21.5. The van der Waals surface area contributed by atoms with Crippen LogP contribution in [0.2, 0.25) is 0 Å². The molecule has 15 aromatic rings. The van der Waals surface area contributed by atoms with Crippen LogP contribution in [0.4, 0.5) is 0 Å². The van der Waals surface area contributed by atoms with Gasteiger partial charge in [-0.15, -0.1) is 0 Å². The Balaban J connectivity index is 1.18. The molecule has 4 aromatic heterocycles. The molecule has 0 aliphatic heterocycles.